The molecule has 0 radical (unpaired) electrons. The molecule has 0 rings (SSSR count). The van der Waals surface area contributed by atoms with Gasteiger partial charge in [-0.2, -0.15) is 0 Å². The summed E-state index contributed by atoms with van der Waals surface area (Å²) in [6, 6.07) is 0. The normalized spacial score (nSPS) is 9.45. The Balaban J connectivity index is 2.79. The van der Waals surface area contributed by atoms with Crippen molar-refractivity contribution in [2.45, 2.75) is 25.7 Å². The van der Waals surface area contributed by atoms with E-state index in [9.17, 15) is 0 Å². The molecule has 0 heterocycles. The van der Waals surface area contributed by atoms with Gasteiger partial charge in [0.15, 0.2) is 0 Å². The molecule has 0 aliphatic heterocycles. The summed E-state index contributed by atoms with van der Waals surface area (Å²) >= 11 is 9.34. The molecule has 1 nitrogen and oxygen atoms in total. The van der Waals surface area contributed by atoms with Crippen LogP contribution in [-0.4, -0.2) is 23.9 Å². The van der Waals surface area contributed by atoms with Crippen LogP contribution in [0.1, 0.15) is 25.7 Å². The van der Waals surface area contributed by atoms with Crippen LogP contribution in [0.2, 0.25) is 0 Å². The first-order valence-corrected chi connectivity index (χ1v) is 4.81. The third-order valence-corrected chi connectivity index (χ3v) is 1.69. The SMILES string of the molecule is S=CCCCOCCCC=S. The fourth-order valence-corrected chi connectivity index (χ4v) is 0.973. The van der Waals surface area contributed by atoms with Gasteiger partial charge in [-0.15, -0.1) is 0 Å². The highest BCUT2D eigenvalue weighted by molar-refractivity contribution is 7.79. The average molecular weight is 190 g/mol. The third-order valence-electron chi connectivity index (χ3n) is 1.22. The molecule has 11 heavy (non-hydrogen) atoms. The molecular weight excluding hydrogens is 176 g/mol. The predicted molar refractivity (Wildman–Crippen MR) is 56.6 cm³/mol. The molecule has 3 heteroatoms. The Hall–Kier alpha value is 0.140. The third kappa shape index (κ3) is 10.1. The van der Waals surface area contributed by atoms with E-state index in [2.05, 4.69) is 24.4 Å². The molecule has 0 aromatic carbocycles. The summed E-state index contributed by atoms with van der Waals surface area (Å²) in [5.41, 5.74) is 0. The van der Waals surface area contributed by atoms with Crippen molar-refractivity contribution in [2.75, 3.05) is 13.2 Å². The Bertz CT molecular complexity index is 92.3. The smallest absolute Gasteiger partial charge is 0.0469 e. The largest absolute Gasteiger partial charge is 0.381 e. The molecule has 0 saturated carbocycles. The first kappa shape index (κ1) is 11.1. The number of rotatable bonds is 8. The Morgan fingerprint density at radius 2 is 1.36 bits per heavy atom. The maximum absolute atomic E-state index is 5.31. The van der Waals surface area contributed by atoms with Crippen molar-refractivity contribution in [1.82, 2.24) is 0 Å². The molecular formula is C8H14OS2. The summed E-state index contributed by atoms with van der Waals surface area (Å²) in [5.74, 6) is 0. The maximum atomic E-state index is 5.31. The van der Waals surface area contributed by atoms with Crippen LogP contribution in [-0.2, 0) is 4.74 Å². The highest BCUT2D eigenvalue weighted by Crippen LogP contribution is 1.91. The topological polar surface area (TPSA) is 9.23 Å². The minimum Gasteiger partial charge on any atom is -0.381 e. The van der Waals surface area contributed by atoms with Gasteiger partial charge in [0.2, 0.25) is 0 Å². The van der Waals surface area contributed by atoms with Crippen molar-refractivity contribution in [3.8, 4) is 0 Å². The molecule has 0 atom stereocenters. The zero-order chi connectivity index (χ0) is 8.36. The number of hydrogen-bond acceptors (Lipinski definition) is 3. The fraction of sp³-hybridized carbons (Fsp3) is 0.750. The lowest BCUT2D eigenvalue weighted by Crippen LogP contribution is -1.96. The standard InChI is InChI=1S/C8H14OS2/c10-7-3-1-5-9-6-2-4-8-11/h7-8H,1-6H2. The molecule has 0 N–H and O–H groups in total. The van der Waals surface area contributed by atoms with Crippen molar-refractivity contribution >= 4 is 35.2 Å². The van der Waals surface area contributed by atoms with Crippen LogP contribution in [0.4, 0.5) is 0 Å². The molecule has 0 aromatic rings. The molecule has 0 unspecified atom stereocenters. The summed E-state index contributed by atoms with van der Waals surface area (Å²) in [5, 5.41) is 3.50. The summed E-state index contributed by atoms with van der Waals surface area (Å²) in [4.78, 5) is 0. The van der Waals surface area contributed by atoms with E-state index in [1.807, 2.05) is 0 Å². The molecule has 0 aliphatic rings. The number of unbranched alkanes of at least 4 members (excludes halogenated alkanes) is 2. The molecule has 0 saturated heterocycles. The summed E-state index contributed by atoms with van der Waals surface area (Å²) in [6.07, 6.45) is 4.03. The highest BCUT2D eigenvalue weighted by Gasteiger charge is 1.86. The van der Waals surface area contributed by atoms with Gasteiger partial charge in [-0.1, -0.05) is 24.4 Å². The molecule has 0 amide bonds. The van der Waals surface area contributed by atoms with E-state index in [0.717, 1.165) is 38.9 Å². The van der Waals surface area contributed by atoms with Crippen LogP contribution >= 0.6 is 24.4 Å². The van der Waals surface area contributed by atoms with Crippen molar-refractivity contribution in [3.63, 3.8) is 0 Å². The second kappa shape index (κ2) is 10.1. The Kier molecular flexibility index (Phi) is 10.3. The second-order valence-corrected chi connectivity index (χ2v) is 2.90. The quantitative estimate of drug-likeness (QED) is 0.430. The fourth-order valence-electron chi connectivity index (χ4n) is 0.640. The van der Waals surface area contributed by atoms with Crippen molar-refractivity contribution in [3.05, 3.63) is 0 Å². The highest BCUT2D eigenvalue weighted by atomic mass is 32.1. The van der Waals surface area contributed by atoms with E-state index in [1.165, 1.54) is 0 Å². The lowest BCUT2D eigenvalue weighted by Gasteiger charge is -1.99. The van der Waals surface area contributed by atoms with Gasteiger partial charge in [-0.25, -0.2) is 0 Å². The average Bonchev–Trinajstić information content (AvgIpc) is 2.03. The Morgan fingerprint density at radius 1 is 0.909 bits per heavy atom. The molecule has 64 valence electrons. The molecule has 0 aliphatic carbocycles. The zero-order valence-electron chi connectivity index (χ0n) is 6.62. The monoisotopic (exact) mass is 190 g/mol. The van der Waals surface area contributed by atoms with Crippen molar-refractivity contribution in [2.24, 2.45) is 0 Å². The number of thiocarbonyl (C=S) groups is 2. The summed E-state index contributed by atoms with van der Waals surface area (Å²) in [6.45, 7) is 1.65. The van der Waals surface area contributed by atoms with Gasteiger partial charge >= 0.3 is 0 Å². The molecule has 0 fully saturated rings. The van der Waals surface area contributed by atoms with E-state index in [1.54, 1.807) is 10.7 Å². The Labute approximate surface area is 79.1 Å². The van der Waals surface area contributed by atoms with Crippen molar-refractivity contribution < 1.29 is 4.74 Å². The van der Waals surface area contributed by atoms with Crippen LogP contribution < -0.4 is 0 Å². The number of hydrogen-bond donors (Lipinski definition) is 0. The number of ether oxygens (including phenoxy) is 1. The first-order chi connectivity index (χ1) is 5.41. The lowest BCUT2D eigenvalue weighted by molar-refractivity contribution is 0.132. The summed E-state index contributed by atoms with van der Waals surface area (Å²) in [7, 11) is 0. The van der Waals surface area contributed by atoms with Gasteiger partial charge in [0.1, 0.15) is 0 Å². The van der Waals surface area contributed by atoms with E-state index in [-0.39, 0.29) is 0 Å². The zero-order valence-corrected chi connectivity index (χ0v) is 8.26. The van der Waals surface area contributed by atoms with Crippen LogP contribution in [0, 0.1) is 0 Å². The van der Waals surface area contributed by atoms with E-state index in [4.69, 9.17) is 4.74 Å². The van der Waals surface area contributed by atoms with Crippen LogP contribution in [0.15, 0.2) is 0 Å². The Morgan fingerprint density at radius 3 is 1.73 bits per heavy atom. The molecule has 0 bridgehead atoms. The van der Waals surface area contributed by atoms with E-state index < -0.39 is 0 Å². The summed E-state index contributed by atoms with van der Waals surface area (Å²) < 4.78 is 5.31. The van der Waals surface area contributed by atoms with Gasteiger partial charge in [0.05, 0.1) is 0 Å². The molecule has 0 spiro atoms. The van der Waals surface area contributed by atoms with E-state index >= 15 is 0 Å². The minimum absolute atomic E-state index is 0.824. The van der Waals surface area contributed by atoms with Gasteiger partial charge in [-0.3, -0.25) is 0 Å². The van der Waals surface area contributed by atoms with Crippen molar-refractivity contribution in [1.29, 1.82) is 0 Å². The first-order valence-electron chi connectivity index (χ1n) is 3.87. The van der Waals surface area contributed by atoms with Crippen LogP contribution in [0.5, 0.6) is 0 Å². The van der Waals surface area contributed by atoms with Gasteiger partial charge in [0.25, 0.3) is 0 Å². The molecule has 0 aromatic heterocycles. The maximum Gasteiger partial charge on any atom is 0.0469 e. The van der Waals surface area contributed by atoms with Gasteiger partial charge < -0.3 is 4.74 Å². The van der Waals surface area contributed by atoms with Gasteiger partial charge in [-0.05, 0) is 36.4 Å². The lowest BCUT2D eigenvalue weighted by atomic mass is 10.3. The second-order valence-electron chi connectivity index (χ2n) is 2.23. The van der Waals surface area contributed by atoms with E-state index in [0.29, 0.717) is 0 Å². The minimum atomic E-state index is 0.824. The predicted octanol–water partition coefficient (Wildman–Crippen LogP) is 2.56. The van der Waals surface area contributed by atoms with Gasteiger partial charge in [0, 0.05) is 13.2 Å². The van der Waals surface area contributed by atoms with Crippen LogP contribution in [0.3, 0.4) is 0 Å². The van der Waals surface area contributed by atoms with Crippen LogP contribution in [0.25, 0.3) is 0 Å².